The van der Waals surface area contributed by atoms with Crippen molar-refractivity contribution in [3.63, 3.8) is 0 Å². The second-order valence-electron chi connectivity index (χ2n) is 7.31. The minimum atomic E-state index is -0.892. The van der Waals surface area contributed by atoms with E-state index in [9.17, 15) is 19.8 Å². The Morgan fingerprint density at radius 2 is 1.71 bits per heavy atom. The number of phenols is 1. The molecular weight excluding hydrogens is 394 g/mol. The number of methoxy groups -OCH3 is 1. The van der Waals surface area contributed by atoms with E-state index < -0.39 is 17.7 Å². The molecule has 6 heteroatoms. The molecule has 0 spiro atoms. The van der Waals surface area contributed by atoms with Gasteiger partial charge in [0.2, 0.25) is 0 Å². The molecule has 1 fully saturated rings. The minimum Gasteiger partial charge on any atom is -0.507 e. The topological polar surface area (TPSA) is 87.1 Å². The van der Waals surface area contributed by atoms with Crippen LogP contribution in [0.15, 0.2) is 78.4 Å². The van der Waals surface area contributed by atoms with Crippen molar-refractivity contribution in [1.29, 1.82) is 0 Å². The second-order valence-corrected chi connectivity index (χ2v) is 7.31. The van der Waals surface area contributed by atoms with Crippen LogP contribution >= 0.6 is 0 Å². The Bertz CT molecular complexity index is 1200. The lowest BCUT2D eigenvalue weighted by Crippen LogP contribution is -2.29. The minimum absolute atomic E-state index is 0.0227. The number of benzene rings is 3. The predicted octanol–water partition coefficient (Wildman–Crippen LogP) is 4.34. The van der Waals surface area contributed by atoms with Gasteiger partial charge in [-0.25, -0.2) is 0 Å². The normalized spacial score (nSPS) is 17.7. The van der Waals surface area contributed by atoms with Gasteiger partial charge < -0.3 is 14.9 Å². The third kappa shape index (κ3) is 3.53. The monoisotopic (exact) mass is 415 g/mol. The predicted molar refractivity (Wildman–Crippen MR) is 117 cm³/mol. The molecule has 1 saturated heterocycles. The number of hydrogen-bond donors (Lipinski definition) is 2. The lowest BCUT2D eigenvalue weighted by Gasteiger charge is -2.26. The fraction of sp³-hybridized carbons (Fsp3) is 0.120. The number of carbonyl (C=O) groups is 2. The molecule has 0 bridgehead atoms. The number of amides is 1. The van der Waals surface area contributed by atoms with E-state index in [1.807, 2.05) is 13.0 Å². The van der Waals surface area contributed by atoms with Crippen LogP contribution in [0, 0.1) is 6.92 Å². The van der Waals surface area contributed by atoms with E-state index >= 15 is 0 Å². The summed E-state index contributed by atoms with van der Waals surface area (Å²) in [5, 5.41) is 21.1. The third-order valence-electron chi connectivity index (χ3n) is 5.29. The van der Waals surface area contributed by atoms with E-state index in [4.69, 9.17) is 4.74 Å². The highest BCUT2D eigenvalue weighted by atomic mass is 16.5. The van der Waals surface area contributed by atoms with Crippen molar-refractivity contribution in [3.05, 3.63) is 95.1 Å². The fourth-order valence-electron chi connectivity index (χ4n) is 3.81. The van der Waals surface area contributed by atoms with Crippen molar-refractivity contribution in [2.45, 2.75) is 13.0 Å². The zero-order valence-corrected chi connectivity index (χ0v) is 17.1. The summed E-state index contributed by atoms with van der Waals surface area (Å²) in [4.78, 5) is 27.6. The van der Waals surface area contributed by atoms with Crippen LogP contribution in [0.1, 0.15) is 22.7 Å². The quantitative estimate of drug-likeness (QED) is 0.376. The molecule has 1 amide bonds. The van der Waals surface area contributed by atoms with Gasteiger partial charge in [-0.15, -0.1) is 0 Å². The average Bonchev–Trinajstić information content (AvgIpc) is 3.05. The summed E-state index contributed by atoms with van der Waals surface area (Å²) in [6.45, 7) is 1.89. The Balaban J connectivity index is 1.98. The van der Waals surface area contributed by atoms with E-state index in [1.54, 1.807) is 60.7 Å². The lowest BCUT2D eigenvalue weighted by molar-refractivity contribution is -0.132. The first-order valence-electron chi connectivity index (χ1n) is 9.72. The van der Waals surface area contributed by atoms with Gasteiger partial charge in [-0.05, 0) is 42.3 Å². The van der Waals surface area contributed by atoms with Crippen LogP contribution in [-0.4, -0.2) is 29.0 Å². The standard InChI is InChI=1S/C25H21NO5/c1-15-7-6-10-18(13-15)26-22(17-11-12-19(27)20(14-17)31-2)21(24(29)25(26)30)23(28)16-8-4-3-5-9-16/h3-14,22,27-28H,1-2H3/t22-/m0/s1. The number of ether oxygens (including phenoxy) is 1. The highest BCUT2D eigenvalue weighted by Crippen LogP contribution is 2.44. The second kappa shape index (κ2) is 7.99. The molecule has 0 radical (unpaired) electrons. The molecule has 1 aliphatic rings. The average molecular weight is 415 g/mol. The Morgan fingerprint density at radius 1 is 0.968 bits per heavy atom. The molecular formula is C25H21NO5. The Kier molecular flexibility index (Phi) is 5.21. The van der Waals surface area contributed by atoms with E-state index in [0.29, 0.717) is 16.8 Å². The molecule has 0 aromatic heterocycles. The molecule has 0 saturated carbocycles. The number of phenolic OH excluding ortho intramolecular Hbond substituents is 1. The number of hydrogen-bond acceptors (Lipinski definition) is 5. The molecule has 1 heterocycles. The lowest BCUT2D eigenvalue weighted by atomic mass is 9.94. The number of Topliss-reactive ketones (excluding diaryl/α,β-unsaturated/α-hetero) is 1. The number of aromatic hydroxyl groups is 1. The van der Waals surface area contributed by atoms with E-state index in [-0.39, 0.29) is 22.8 Å². The molecule has 156 valence electrons. The first kappa shape index (κ1) is 20.2. The van der Waals surface area contributed by atoms with Crippen LogP contribution in [0.3, 0.4) is 0 Å². The van der Waals surface area contributed by atoms with Crippen LogP contribution in [0.25, 0.3) is 5.76 Å². The Morgan fingerprint density at radius 3 is 2.39 bits per heavy atom. The summed E-state index contributed by atoms with van der Waals surface area (Å²) < 4.78 is 5.22. The first-order chi connectivity index (χ1) is 14.9. The SMILES string of the molecule is COc1cc([C@H]2C(=C(O)c3ccccc3)C(=O)C(=O)N2c2cccc(C)c2)ccc1O. The van der Waals surface area contributed by atoms with Gasteiger partial charge in [-0.2, -0.15) is 0 Å². The van der Waals surface area contributed by atoms with E-state index in [2.05, 4.69) is 0 Å². The zero-order chi connectivity index (χ0) is 22.1. The van der Waals surface area contributed by atoms with Gasteiger partial charge in [0.1, 0.15) is 5.76 Å². The summed E-state index contributed by atoms with van der Waals surface area (Å²) in [6.07, 6.45) is 0. The smallest absolute Gasteiger partial charge is 0.300 e. The fourth-order valence-corrected chi connectivity index (χ4v) is 3.81. The number of carbonyl (C=O) groups excluding carboxylic acids is 2. The summed E-state index contributed by atoms with van der Waals surface area (Å²) in [6, 6.07) is 19.6. The molecule has 4 rings (SSSR count). The van der Waals surface area contributed by atoms with Gasteiger partial charge in [0.15, 0.2) is 11.5 Å². The van der Waals surface area contributed by atoms with Crippen LogP contribution in [-0.2, 0) is 9.59 Å². The molecule has 1 aliphatic heterocycles. The molecule has 1 atom stereocenters. The van der Waals surface area contributed by atoms with Crippen LogP contribution < -0.4 is 9.64 Å². The van der Waals surface area contributed by atoms with Gasteiger partial charge in [0, 0.05) is 11.3 Å². The molecule has 31 heavy (non-hydrogen) atoms. The Labute approximate surface area is 179 Å². The maximum absolute atomic E-state index is 13.1. The molecule has 2 N–H and O–H groups in total. The summed E-state index contributed by atoms with van der Waals surface area (Å²) in [7, 11) is 1.42. The molecule has 0 unspecified atom stereocenters. The van der Waals surface area contributed by atoms with E-state index in [1.165, 1.54) is 18.1 Å². The maximum atomic E-state index is 13.1. The van der Waals surface area contributed by atoms with Crippen molar-refractivity contribution < 1.29 is 24.5 Å². The van der Waals surface area contributed by atoms with E-state index in [0.717, 1.165) is 5.56 Å². The third-order valence-corrected chi connectivity index (χ3v) is 5.29. The van der Waals surface area contributed by atoms with Crippen molar-refractivity contribution in [2.24, 2.45) is 0 Å². The van der Waals surface area contributed by atoms with Crippen molar-refractivity contribution in [2.75, 3.05) is 12.0 Å². The summed E-state index contributed by atoms with van der Waals surface area (Å²) >= 11 is 0. The van der Waals surface area contributed by atoms with Gasteiger partial charge >= 0.3 is 0 Å². The van der Waals surface area contributed by atoms with Gasteiger partial charge in [0.25, 0.3) is 11.7 Å². The summed E-state index contributed by atoms with van der Waals surface area (Å²) in [5.41, 5.74) is 2.38. The molecule has 6 nitrogen and oxygen atoms in total. The van der Waals surface area contributed by atoms with Crippen molar-refractivity contribution in [3.8, 4) is 11.5 Å². The number of aryl methyl sites for hydroxylation is 1. The van der Waals surface area contributed by atoms with Crippen LogP contribution in [0.5, 0.6) is 11.5 Å². The van der Waals surface area contributed by atoms with Crippen LogP contribution in [0.4, 0.5) is 5.69 Å². The number of rotatable bonds is 4. The number of aliphatic hydroxyl groups excluding tert-OH is 1. The maximum Gasteiger partial charge on any atom is 0.300 e. The highest BCUT2D eigenvalue weighted by Gasteiger charge is 2.47. The first-order valence-corrected chi connectivity index (χ1v) is 9.72. The van der Waals surface area contributed by atoms with Gasteiger partial charge in [-0.3, -0.25) is 14.5 Å². The van der Waals surface area contributed by atoms with Crippen molar-refractivity contribution >= 4 is 23.1 Å². The summed E-state index contributed by atoms with van der Waals surface area (Å²) in [5.74, 6) is -1.64. The van der Waals surface area contributed by atoms with Gasteiger partial charge in [0.05, 0.1) is 18.7 Å². The number of ketones is 1. The molecule has 3 aromatic carbocycles. The number of anilines is 1. The van der Waals surface area contributed by atoms with Gasteiger partial charge in [-0.1, -0.05) is 48.5 Å². The molecule has 3 aromatic rings. The zero-order valence-electron chi connectivity index (χ0n) is 17.1. The Hall–Kier alpha value is -4.06. The number of aliphatic hydroxyl groups is 1. The van der Waals surface area contributed by atoms with Crippen molar-refractivity contribution in [1.82, 2.24) is 0 Å². The highest BCUT2D eigenvalue weighted by molar-refractivity contribution is 6.51. The largest absolute Gasteiger partial charge is 0.507 e. The molecule has 0 aliphatic carbocycles. The van der Waals surface area contributed by atoms with Crippen LogP contribution in [0.2, 0.25) is 0 Å². The number of nitrogens with zero attached hydrogens (tertiary/aromatic N) is 1.